The van der Waals surface area contributed by atoms with Gasteiger partial charge in [-0.3, -0.25) is 4.79 Å². The lowest BCUT2D eigenvalue weighted by atomic mass is 10.2. The van der Waals surface area contributed by atoms with Gasteiger partial charge in [-0.2, -0.15) is 0 Å². The summed E-state index contributed by atoms with van der Waals surface area (Å²) in [5.41, 5.74) is 0. The Morgan fingerprint density at radius 1 is 1.88 bits per heavy atom. The number of ketones is 1. The molecule has 2 unspecified atom stereocenters. The van der Waals surface area contributed by atoms with Crippen molar-refractivity contribution in [3.05, 3.63) is 12.7 Å². The predicted octanol–water partition coefficient (Wildman–Crippen LogP) is 0.529. The SMILES string of the molecule is C=CC1OC1C(C)=O. The molecule has 44 valence electrons. The van der Waals surface area contributed by atoms with Crippen LogP contribution in [0.2, 0.25) is 0 Å². The second-order valence-electron chi connectivity index (χ2n) is 1.87. The molecule has 2 nitrogen and oxygen atoms in total. The monoisotopic (exact) mass is 112 g/mol. The van der Waals surface area contributed by atoms with E-state index in [1.54, 1.807) is 6.08 Å². The highest BCUT2D eigenvalue weighted by Crippen LogP contribution is 2.22. The third kappa shape index (κ3) is 0.793. The number of epoxide rings is 1. The van der Waals surface area contributed by atoms with Gasteiger partial charge in [-0.15, -0.1) is 6.58 Å². The molecular formula is C6H8O2. The Bertz CT molecular complexity index is 128. The van der Waals surface area contributed by atoms with E-state index in [1.807, 2.05) is 0 Å². The summed E-state index contributed by atoms with van der Waals surface area (Å²) in [5, 5.41) is 0. The molecule has 0 amide bonds. The molecule has 1 saturated heterocycles. The minimum Gasteiger partial charge on any atom is -0.357 e. The van der Waals surface area contributed by atoms with Gasteiger partial charge in [0.2, 0.25) is 0 Å². The molecule has 0 radical (unpaired) electrons. The summed E-state index contributed by atoms with van der Waals surface area (Å²) in [5.74, 6) is 0.0925. The van der Waals surface area contributed by atoms with Crippen molar-refractivity contribution in [3.8, 4) is 0 Å². The van der Waals surface area contributed by atoms with Gasteiger partial charge < -0.3 is 4.74 Å². The van der Waals surface area contributed by atoms with E-state index >= 15 is 0 Å². The van der Waals surface area contributed by atoms with E-state index in [0.29, 0.717) is 0 Å². The number of carbonyl (C=O) groups is 1. The minimum atomic E-state index is -0.174. The van der Waals surface area contributed by atoms with Crippen LogP contribution in [0.1, 0.15) is 6.92 Å². The fourth-order valence-electron chi connectivity index (χ4n) is 0.630. The number of Topliss-reactive ketones (excluding diaryl/α,β-unsaturated/α-hetero) is 1. The Labute approximate surface area is 48.1 Å². The van der Waals surface area contributed by atoms with E-state index in [0.717, 1.165) is 0 Å². The molecule has 1 fully saturated rings. The standard InChI is InChI=1S/C6H8O2/c1-3-5-6(8-5)4(2)7/h3,5-6H,1H2,2H3. The Morgan fingerprint density at radius 3 is 2.62 bits per heavy atom. The van der Waals surface area contributed by atoms with Crippen LogP contribution >= 0.6 is 0 Å². The Morgan fingerprint density at radius 2 is 2.50 bits per heavy atom. The highest BCUT2D eigenvalue weighted by Gasteiger charge is 2.39. The average Bonchev–Trinajstić information content (AvgIpc) is 2.42. The van der Waals surface area contributed by atoms with Crippen molar-refractivity contribution < 1.29 is 9.53 Å². The first-order chi connectivity index (χ1) is 3.75. The molecule has 0 spiro atoms. The maximum atomic E-state index is 10.4. The maximum absolute atomic E-state index is 10.4. The molecule has 8 heavy (non-hydrogen) atoms. The molecule has 1 aliphatic heterocycles. The third-order valence-electron chi connectivity index (χ3n) is 1.16. The van der Waals surface area contributed by atoms with E-state index in [4.69, 9.17) is 4.74 Å². The topological polar surface area (TPSA) is 29.6 Å². The minimum absolute atomic E-state index is 0.00694. The lowest BCUT2D eigenvalue weighted by Crippen LogP contribution is -2.01. The van der Waals surface area contributed by atoms with Gasteiger partial charge in [0.25, 0.3) is 0 Å². The zero-order valence-electron chi connectivity index (χ0n) is 4.76. The summed E-state index contributed by atoms with van der Waals surface area (Å²) in [6.45, 7) is 5.00. The molecule has 0 aliphatic carbocycles. The first kappa shape index (κ1) is 5.51. The van der Waals surface area contributed by atoms with Crippen LogP contribution in [0.3, 0.4) is 0 Å². The van der Waals surface area contributed by atoms with Crippen molar-refractivity contribution in [2.24, 2.45) is 0 Å². The predicted molar refractivity (Wildman–Crippen MR) is 29.5 cm³/mol. The molecule has 1 rings (SSSR count). The molecule has 0 aromatic rings. The fraction of sp³-hybridized carbons (Fsp3) is 0.500. The molecule has 0 bridgehead atoms. The van der Waals surface area contributed by atoms with Gasteiger partial charge in [0.15, 0.2) is 5.78 Å². The molecule has 0 saturated carbocycles. The summed E-state index contributed by atoms with van der Waals surface area (Å²) < 4.78 is 4.86. The second kappa shape index (κ2) is 1.71. The summed E-state index contributed by atoms with van der Waals surface area (Å²) in [6, 6.07) is 0. The molecule has 0 aromatic carbocycles. The molecule has 2 heteroatoms. The number of ether oxygens (including phenoxy) is 1. The van der Waals surface area contributed by atoms with Gasteiger partial charge in [-0.05, 0) is 6.92 Å². The summed E-state index contributed by atoms with van der Waals surface area (Å²) in [4.78, 5) is 10.4. The highest BCUT2D eigenvalue weighted by atomic mass is 16.6. The van der Waals surface area contributed by atoms with Gasteiger partial charge in [-0.25, -0.2) is 0 Å². The van der Waals surface area contributed by atoms with Crippen molar-refractivity contribution in [1.82, 2.24) is 0 Å². The first-order valence-electron chi connectivity index (χ1n) is 2.54. The van der Waals surface area contributed by atoms with Gasteiger partial charge in [0.1, 0.15) is 12.2 Å². The molecule has 1 heterocycles. The number of hydrogen-bond donors (Lipinski definition) is 0. The second-order valence-corrected chi connectivity index (χ2v) is 1.87. The Balaban J connectivity index is 2.36. The number of hydrogen-bond acceptors (Lipinski definition) is 2. The molecule has 0 N–H and O–H groups in total. The smallest absolute Gasteiger partial charge is 0.161 e. The maximum Gasteiger partial charge on any atom is 0.161 e. The highest BCUT2D eigenvalue weighted by molar-refractivity contribution is 5.83. The summed E-state index contributed by atoms with van der Waals surface area (Å²) >= 11 is 0. The first-order valence-corrected chi connectivity index (χ1v) is 2.54. The van der Waals surface area contributed by atoms with Gasteiger partial charge in [0, 0.05) is 0 Å². The zero-order valence-corrected chi connectivity index (χ0v) is 4.76. The van der Waals surface area contributed by atoms with Crippen molar-refractivity contribution in [1.29, 1.82) is 0 Å². The van der Waals surface area contributed by atoms with E-state index in [9.17, 15) is 4.79 Å². The van der Waals surface area contributed by atoms with Gasteiger partial charge >= 0.3 is 0 Å². The Hall–Kier alpha value is -0.630. The van der Waals surface area contributed by atoms with Crippen molar-refractivity contribution in [2.75, 3.05) is 0 Å². The van der Waals surface area contributed by atoms with Crippen LogP contribution in [0.4, 0.5) is 0 Å². The largest absolute Gasteiger partial charge is 0.357 e. The molecule has 0 aromatic heterocycles. The number of rotatable bonds is 2. The average molecular weight is 112 g/mol. The zero-order chi connectivity index (χ0) is 6.15. The Kier molecular flexibility index (Phi) is 1.18. The van der Waals surface area contributed by atoms with Crippen LogP contribution in [0.5, 0.6) is 0 Å². The van der Waals surface area contributed by atoms with Crippen molar-refractivity contribution in [3.63, 3.8) is 0 Å². The van der Waals surface area contributed by atoms with E-state index in [1.165, 1.54) is 6.92 Å². The molecular weight excluding hydrogens is 104 g/mol. The van der Waals surface area contributed by atoms with Gasteiger partial charge in [-0.1, -0.05) is 6.08 Å². The van der Waals surface area contributed by atoms with Crippen LogP contribution in [0.15, 0.2) is 12.7 Å². The number of carbonyl (C=O) groups excluding carboxylic acids is 1. The molecule has 1 aliphatic rings. The van der Waals surface area contributed by atoms with Crippen molar-refractivity contribution in [2.45, 2.75) is 19.1 Å². The summed E-state index contributed by atoms with van der Waals surface area (Å²) in [6.07, 6.45) is 1.48. The van der Waals surface area contributed by atoms with Crippen LogP contribution < -0.4 is 0 Å². The normalized spacial score (nSPS) is 34.1. The van der Waals surface area contributed by atoms with E-state index in [2.05, 4.69) is 6.58 Å². The van der Waals surface area contributed by atoms with Gasteiger partial charge in [0.05, 0.1) is 0 Å². The van der Waals surface area contributed by atoms with Crippen LogP contribution in [0.25, 0.3) is 0 Å². The van der Waals surface area contributed by atoms with E-state index < -0.39 is 0 Å². The van der Waals surface area contributed by atoms with Crippen LogP contribution in [0, 0.1) is 0 Å². The van der Waals surface area contributed by atoms with Crippen molar-refractivity contribution >= 4 is 5.78 Å². The van der Waals surface area contributed by atoms with Crippen LogP contribution in [-0.4, -0.2) is 18.0 Å². The fourth-order valence-corrected chi connectivity index (χ4v) is 0.630. The quantitative estimate of drug-likeness (QED) is 0.385. The third-order valence-corrected chi connectivity index (χ3v) is 1.16. The van der Waals surface area contributed by atoms with Crippen LogP contribution in [-0.2, 0) is 9.53 Å². The van der Waals surface area contributed by atoms with E-state index in [-0.39, 0.29) is 18.0 Å². The summed E-state index contributed by atoms with van der Waals surface area (Å²) in [7, 11) is 0. The molecule has 2 atom stereocenters. The lowest BCUT2D eigenvalue weighted by molar-refractivity contribution is -0.118. The lowest BCUT2D eigenvalue weighted by Gasteiger charge is -1.75.